The molecule has 1 aromatic rings. The van der Waals surface area contributed by atoms with E-state index in [1.807, 2.05) is 0 Å². The number of benzene rings is 1. The van der Waals surface area contributed by atoms with Gasteiger partial charge in [0.2, 0.25) is 5.91 Å². The summed E-state index contributed by atoms with van der Waals surface area (Å²) in [6.45, 7) is 2.14. The van der Waals surface area contributed by atoms with E-state index < -0.39 is 5.97 Å². The van der Waals surface area contributed by atoms with Gasteiger partial charge in [-0.25, -0.2) is 4.79 Å². The number of aromatic carboxylic acids is 1. The molecule has 0 aliphatic carbocycles. The van der Waals surface area contributed by atoms with Crippen LogP contribution in [0.4, 0.5) is 5.69 Å². The van der Waals surface area contributed by atoms with Crippen LogP contribution >= 0.6 is 0 Å². The largest absolute Gasteiger partial charge is 0.478 e. The molecule has 0 aliphatic rings. The van der Waals surface area contributed by atoms with Crippen LogP contribution in [0, 0.1) is 0 Å². The molecular formula is C25H33NO3. The van der Waals surface area contributed by atoms with Crippen LogP contribution in [0.15, 0.2) is 72.9 Å². The summed E-state index contributed by atoms with van der Waals surface area (Å²) >= 11 is 0. The third-order valence-corrected chi connectivity index (χ3v) is 4.16. The van der Waals surface area contributed by atoms with E-state index in [2.05, 4.69) is 60.8 Å². The first-order chi connectivity index (χ1) is 14.1. The van der Waals surface area contributed by atoms with Gasteiger partial charge in [0.1, 0.15) is 0 Å². The highest BCUT2D eigenvalue weighted by Crippen LogP contribution is 2.11. The third kappa shape index (κ3) is 13.0. The minimum atomic E-state index is -0.973. The number of hydrogen-bond donors (Lipinski definition) is 2. The standard InChI is InChI=1S/C25H33NO3/c1-2-3-4-5-6-7-8-9-10-11-12-13-14-15-16-17-24(27)26-23-20-18-22(19-21-23)25(28)29/h3-4,6-7,9-10,12-13,18-21H,2,5,8,11,14-17H2,1H3,(H,26,27)(H,28,29)/b4-3-,7-6-,10-9-,13-12-. The van der Waals surface area contributed by atoms with Crippen LogP contribution in [0.5, 0.6) is 0 Å². The minimum Gasteiger partial charge on any atom is -0.478 e. The number of carboxylic acids is 1. The zero-order valence-electron chi connectivity index (χ0n) is 17.3. The molecule has 2 N–H and O–H groups in total. The molecule has 0 aliphatic heterocycles. The number of rotatable bonds is 14. The number of carbonyl (C=O) groups is 2. The second-order valence-corrected chi connectivity index (χ2v) is 6.68. The van der Waals surface area contributed by atoms with E-state index in [4.69, 9.17) is 5.11 Å². The highest BCUT2D eigenvalue weighted by atomic mass is 16.4. The van der Waals surface area contributed by atoms with Crippen molar-refractivity contribution in [3.63, 3.8) is 0 Å². The summed E-state index contributed by atoms with van der Waals surface area (Å²) in [6, 6.07) is 6.19. The summed E-state index contributed by atoms with van der Waals surface area (Å²) < 4.78 is 0. The van der Waals surface area contributed by atoms with Crippen molar-refractivity contribution in [1.82, 2.24) is 0 Å². The summed E-state index contributed by atoms with van der Waals surface area (Å²) in [4.78, 5) is 22.7. The van der Waals surface area contributed by atoms with Gasteiger partial charge in [-0.2, -0.15) is 0 Å². The van der Waals surface area contributed by atoms with Crippen LogP contribution in [-0.2, 0) is 4.79 Å². The average molecular weight is 396 g/mol. The summed E-state index contributed by atoms with van der Waals surface area (Å²) in [6.07, 6.45) is 24.7. The van der Waals surface area contributed by atoms with E-state index in [0.29, 0.717) is 12.1 Å². The summed E-state index contributed by atoms with van der Waals surface area (Å²) in [5.41, 5.74) is 0.833. The molecule has 1 rings (SSSR count). The van der Waals surface area contributed by atoms with Gasteiger partial charge >= 0.3 is 5.97 Å². The van der Waals surface area contributed by atoms with Gasteiger partial charge in [-0.15, -0.1) is 0 Å². The van der Waals surface area contributed by atoms with Crippen LogP contribution in [-0.4, -0.2) is 17.0 Å². The van der Waals surface area contributed by atoms with E-state index in [-0.39, 0.29) is 11.5 Å². The molecular weight excluding hydrogens is 362 g/mol. The highest BCUT2D eigenvalue weighted by Gasteiger charge is 2.04. The molecule has 0 atom stereocenters. The van der Waals surface area contributed by atoms with Crippen molar-refractivity contribution in [2.45, 2.75) is 58.3 Å². The van der Waals surface area contributed by atoms with Crippen LogP contribution in [0.3, 0.4) is 0 Å². The fourth-order valence-electron chi connectivity index (χ4n) is 2.56. The zero-order valence-corrected chi connectivity index (χ0v) is 17.3. The number of nitrogens with one attached hydrogen (secondary N) is 1. The highest BCUT2D eigenvalue weighted by molar-refractivity contribution is 5.92. The first-order valence-corrected chi connectivity index (χ1v) is 10.4. The third-order valence-electron chi connectivity index (χ3n) is 4.16. The van der Waals surface area contributed by atoms with Crippen molar-refractivity contribution in [3.8, 4) is 0 Å². The Hall–Kier alpha value is -2.88. The Morgan fingerprint density at radius 3 is 1.93 bits per heavy atom. The van der Waals surface area contributed by atoms with E-state index >= 15 is 0 Å². The van der Waals surface area contributed by atoms with Crippen LogP contribution in [0.25, 0.3) is 0 Å². The van der Waals surface area contributed by atoms with Gasteiger partial charge in [-0.3, -0.25) is 4.79 Å². The van der Waals surface area contributed by atoms with Gasteiger partial charge in [0, 0.05) is 12.1 Å². The number of carboxylic acid groups (broad SMARTS) is 1. The number of carbonyl (C=O) groups excluding carboxylic acids is 1. The SMILES string of the molecule is CC/C=C\C/C=C\C/C=C\C/C=C\CCCCC(=O)Nc1ccc(C(=O)O)cc1. The molecule has 0 aromatic heterocycles. The first-order valence-electron chi connectivity index (χ1n) is 10.4. The Bertz CT molecular complexity index is 712. The van der Waals surface area contributed by atoms with Crippen molar-refractivity contribution >= 4 is 17.6 Å². The van der Waals surface area contributed by atoms with Crippen molar-refractivity contribution < 1.29 is 14.7 Å². The molecule has 0 spiro atoms. The number of unbranched alkanes of at least 4 members (excludes halogenated alkanes) is 2. The smallest absolute Gasteiger partial charge is 0.335 e. The van der Waals surface area contributed by atoms with Gasteiger partial charge in [0.15, 0.2) is 0 Å². The molecule has 1 aromatic carbocycles. The van der Waals surface area contributed by atoms with E-state index in [1.54, 1.807) is 12.1 Å². The second-order valence-electron chi connectivity index (χ2n) is 6.68. The van der Waals surface area contributed by atoms with Crippen molar-refractivity contribution in [3.05, 3.63) is 78.4 Å². The summed E-state index contributed by atoms with van der Waals surface area (Å²) in [5, 5.41) is 11.6. The minimum absolute atomic E-state index is 0.0433. The molecule has 0 heterocycles. The normalized spacial score (nSPS) is 11.9. The van der Waals surface area contributed by atoms with Crippen LogP contribution < -0.4 is 5.32 Å². The fourth-order valence-corrected chi connectivity index (χ4v) is 2.56. The lowest BCUT2D eigenvalue weighted by atomic mass is 10.1. The maximum atomic E-state index is 11.9. The maximum absolute atomic E-state index is 11.9. The molecule has 0 saturated heterocycles. The Morgan fingerprint density at radius 2 is 1.38 bits per heavy atom. The molecule has 0 fully saturated rings. The molecule has 156 valence electrons. The Balaban J connectivity index is 2.05. The number of anilines is 1. The lowest BCUT2D eigenvalue weighted by molar-refractivity contribution is -0.116. The predicted molar refractivity (Wildman–Crippen MR) is 121 cm³/mol. The molecule has 4 nitrogen and oxygen atoms in total. The predicted octanol–water partition coefficient (Wildman–Crippen LogP) is 6.69. The molecule has 1 amide bonds. The maximum Gasteiger partial charge on any atom is 0.335 e. The van der Waals surface area contributed by atoms with E-state index in [0.717, 1.165) is 44.9 Å². The topological polar surface area (TPSA) is 66.4 Å². The number of hydrogen-bond acceptors (Lipinski definition) is 2. The first kappa shape index (κ1) is 24.2. The quantitative estimate of drug-likeness (QED) is 0.272. The van der Waals surface area contributed by atoms with Crippen molar-refractivity contribution in [1.29, 1.82) is 0 Å². The Kier molecular flexibility index (Phi) is 13.4. The number of amides is 1. The second kappa shape index (κ2) is 16.1. The van der Waals surface area contributed by atoms with Gasteiger partial charge < -0.3 is 10.4 Å². The lowest BCUT2D eigenvalue weighted by Crippen LogP contribution is -2.11. The van der Waals surface area contributed by atoms with E-state index in [1.165, 1.54) is 12.1 Å². The Labute approximate surface area is 174 Å². The Morgan fingerprint density at radius 1 is 0.828 bits per heavy atom. The van der Waals surface area contributed by atoms with Gasteiger partial charge in [0.25, 0.3) is 0 Å². The van der Waals surface area contributed by atoms with Crippen molar-refractivity contribution in [2.24, 2.45) is 0 Å². The molecule has 0 radical (unpaired) electrons. The molecule has 0 saturated carbocycles. The molecule has 0 unspecified atom stereocenters. The molecule has 0 bridgehead atoms. The van der Waals surface area contributed by atoms with Crippen molar-refractivity contribution in [2.75, 3.05) is 5.32 Å². The summed E-state index contributed by atoms with van der Waals surface area (Å²) in [7, 11) is 0. The lowest BCUT2D eigenvalue weighted by Gasteiger charge is -2.05. The van der Waals surface area contributed by atoms with E-state index in [9.17, 15) is 9.59 Å². The monoisotopic (exact) mass is 395 g/mol. The van der Waals surface area contributed by atoms with Crippen LogP contribution in [0.1, 0.15) is 68.6 Å². The molecule has 29 heavy (non-hydrogen) atoms. The van der Waals surface area contributed by atoms with Gasteiger partial charge in [-0.05, 0) is 69.2 Å². The molecule has 4 heteroatoms. The fraction of sp³-hybridized carbons (Fsp3) is 0.360. The van der Waals surface area contributed by atoms with Crippen LogP contribution in [0.2, 0.25) is 0 Å². The average Bonchev–Trinajstić information content (AvgIpc) is 2.71. The zero-order chi connectivity index (χ0) is 21.2. The summed E-state index contributed by atoms with van der Waals surface area (Å²) in [5.74, 6) is -1.02. The van der Waals surface area contributed by atoms with Gasteiger partial charge in [0.05, 0.1) is 5.56 Å². The number of allylic oxidation sites excluding steroid dienone is 8. The van der Waals surface area contributed by atoms with Gasteiger partial charge in [-0.1, -0.05) is 55.5 Å².